The van der Waals surface area contributed by atoms with Gasteiger partial charge in [-0.3, -0.25) is 4.79 Å². The van der Waals surface area contributed by atoms with Crippen molar-refractivity contribution in [1.82, 2.24) is 0 Å². The van der Waals surface area contributed by atoms with Crippen LogP contribution in [0.3, 0.4) is 0 Å². The third-order valence-corrected chi connectivity index (χ3v) is 3.44. The zero-order chi connectivity index (χ0) is 13.8. The van der Waals surface area contributed by atoms with Crippen molar-refractivity contribution in [3.63, 3.8) is 0 Å². The molecular formula is C16H14ClFO. The molecule has 0 saturated carbocycles. The number of benzene rings is 2. The third kappa shape index (κ3) is 3.42. The van der Waals surface area contributed by atoms with E-state index in [4.69, 9.17) is 11.6 Å². The number of carbonyl (C=O) groups is 1. The van der Waals surface area contributed by atoms with Gasteiger partial charge in [0.1, 0.15) is 5.82 Å². The molecule has 19 heavy (non-hydrogen) atoms. The quantitative estimate of drug-likeness (QED) is 0.746. The lowest BCUT2D eigenvalue weighted by molar-refractivity contribution is 0.0982. The highest BCUT2D eigenvalue weighted by Crippen LogP contribution is 2.20. The van der Waals surface area contributed by atoms with E-state index in [0.29, 0.717) is 17.9 Å². The number of hydrogen-bond acceptors (Lipinski definition) is 1. The second kappa shape index (κ2) is 5.98. The van der Waals surface area contributed by atoms with Crippen molar-refractivity contribution < 1.29 is 9.18 Å². The van der Waals surface area contributed by atoms with E-state index in [-0.39, 0.29) is 11.3 Å². The SMILES string of the molecule is Cc1ccccc1CCC(=O)c1cc(F)ccc1Cl. The molecule has 2 aromatic rings. The van der Waals surface area contributed by atoms with Gasteiger partial charge in [-0.25, -0.2) is 4.39 Å². The predicted molar refractivity (Wildman–Crippen MR) is 75.2 cm³/mol. The minimum absolute atomic E-state index is 0.132. The van der Waals surface area contributed by atoms with E-state index in [1.807, 2.05) is 31.2 Å². The molecule has 0 aromatic heterocycles. The van der Waals surface area contributed by atoms with Gasteiger partial charge < -0.3 is 0 Å². The van der Waals surface area contributed by atoms with E-state index in [1.165, 1.54) is 18.2 Å². The van der Waals surface area contributed by atoms with Crippen molar-refractivity contribution in [3.05, 3.63) is 70.0 Å². The molecular weight excluding hydrogens is 263 g/mol. The first-order chi connectivity index (χ1) is 9.08. The molecule has 0 amide bonds. The summed E-state index contributed by atoms with van der Waals surface area (Å²) in [7, 11) is 0. The topological polar surface area (TPSA) is 17.1 Å². The summed E-state index contributed by atoms with van der Waals surface area (Å²) in [4.78, 5) is 12.1. The molecule has 1 nitrogen and oxygen atoms in total. The maximum atomic E-state index is 13.1. The number of ketones is 1. The molecule has 0 radical (unpaired) electrons. The maximum Gasteiger partial charge on any atom is 0.164 e. The van der Waals surface area contributed by atoms with E-state index < -0.39 is 5.82 Å². The number of hydrogen-bond donors (Lipinski definition) is 0. The predicted octanol–water partition coefficient (Wildman–Crippen LogP) is 4.60. The van der Waals surface area contributed by atoms with E-state index in [1.54, 1.807) is 0 Å². The molecule has 2 rings (SSSR count). The Morgan fingerprint density at radius 2 is 1.95 bits per heavy atom. The van der Waals surface area contributed by atoms with Gasteiger partial charge >= 0.3 is 0 Å². The van der Waals surface area contributed by atoms with Crippen molar-refractivity contribution in [1.29, 1.82) is 0 Å². The Balaban J connectivity index is 2.10. The highest BCUT2D eigenvalue weighted by molar-refractivity contribution is 6.33. The first kappa shape index (κ1) is 13.8. The Morgan fingerprint density at radius 3 is 2.68 bits per heavy atom. The van der Waals surface area contributed by atoms with Crippen LogP contribution >= 0.6 is 11.6 Å². The van der Waals surface area contributed by atoms with Crippen molar-refractivity contribution in [3.8, 4) is 0 Å². The smallest absolute Gasteiger partial charge is 0.164 e. The van der Waals surface area contributed by atoms with Crippen LogP contribution in [0.4, 0.5) is 4.39 Å². The Labute approximate surface area is 117 Å². The first-order valence-corrected chi connectivity index (χ1v) is 6.48. The molecule has 0 aliphatic rings. The normalized spacial score (nSPS) is 10.5. The number of Topliss-reactive ketones (excluding diaryl/α,β-unsaturated/α-hetero) is 1. The van der Waals surface area contributed by atoms with Gasteiger partial charge in [0.2, 0.25) is 0 Å². The van der Waals surface area contributed by atoms with E-state index >= 15 is 0 Å². The van der Waals surface area contributed by atoms with Crippen molar-refractivity contribution in [2.24, 2.45) is 0 Å². The Kier molecular flexibility index (Phi) is 4.33. The Bertz CT molecular complexity index is 607. The molecule has 2 aromatic carbocycles. The summed E-state index contributed by atoms with van der Waals surface area (Å²) in [6.07, 6.45) is 0.965. The molecule has 0 aliphatic carbocycles. The van der Waals surface area contributed by atoms with Crippen LogP contribution in [0.5, 0.6) is 0 Å². The number of carbonyl (C=O) groups excluding carboxylic acids is 1. The van der Waals surface area contributed by atoms with Crippen LogP contribution in [0.1, 0.15) is 27.9 Å². The largest absolute Gasteiger partial charge is 0.294 e. The summed E-state index contributed by atoms with van der Waals surface area (Å²) in [6, 6.07) is 11.8. The summed E-state index contributed by atoms with van der Waals surface area (Å²) in [6.45, 7) is 2.01. The molecule has 0 saturated heterocycles. The monoisotopic (exact) mass is 276 g/mol. The van der Waals surface area contributed by atoms with Crippen LogP contribution in [0.15, 0.2) is 42.5 Å². The number of aryl methyl sites for hydroxylation is 2. The number of halogens is 2. The van der Waals surface area contributed by atoms with Gasteiger partial charge in [-0.1, -0.05) is 35.9 Å². The van der Waals surface area contributed by atoms with Crippen LogP contribution < -0.4 is 0 Å². The standard InChI is InChI=1S/C16H14ClFO/c1-11-4-2-3-5-12(11)6-9-16(19)14-10-13(18)7-8-15(14)17/h2-5,7-8,10H,6,9H2,1H3. The molecule has 0 N–H and O–H groups in total. The van der Waals surface area contributed by atoms with Gasteiger partial charge in [-0.05, 0) is 42.7 Å². The van der Waals surface area contributed by atoms with Crippen molar-refractivity contribution in [2.45, 2.75) is 19.8 Å². The first-order valence-electron chi connectivity index (χ1n) is 6.10. The van der Waals surface area contributed by atoms with Gasteiger partial charge in [-0.15, -0.1) is 0 Å². The minimum atomic E-state index is -0.441. The van der Waals surface area contributed by atoms with E-state index in [9.17, 15) is 9.18 Å². The summed E-state index contributed by atoms with van der Waals surface area (Å²) in [5.74, 6) is -0.573. The third-order valence-electron chi connectivity index (χ3n) is 3.11. The van der Waals surface area contributed by atoms with Crippen LogP contribution in [0.2, 0.25) is 5.02 Å². The average molecular weight is 277 g/mol. The summed E-state index contributed by atoms with van der Waals surface area (Å²) >= 11 is 5.92. The van der Waals surface area contributed by atoms with Crippen LogP contribution in [-0.2, 0) is 6.42 Å². The summed E-state index contributed by atoms with van der Waals surface area (Å²) in [5.41, 5.74) is 2.54. The molecule has 0 unspecified atom stereocenters. The lowest BCUT2D eigenvalue weighted by Crippen LogP contribution is -2.03. The lowest BCUT2D eigenvalue weighted by Gasteiger charge is -2.06. The fraction of sp³-hybridized carbons (Fsp3) is 0.188. The highest BCUT2D eigenvalue weighted by Gasteiger charge is 2.12. The molecule has 3 heteroatoms. The average Bonchev–Trinajstić information content (AvgIpc) is 2.40. The second-order valence-electron chi connectivity index (χ2n) is 4.47. The van der Waals surface area contributed by atoms with E-state index in [0.717, 1.165) is 11.1 Å². The van der Waals surface area contributed by atoms with Crippen molar-refractivity contribution in [2.75, 3.05) is 0 Å². The Morgan fingerprint density at radius 1 is 1.21 bits per heavy atom. The molecule has 98 valence electrons. The zero-order valence-corrected chi connectivity index (χ0v) is 11.4. The molecule has 0 heterocycles. The van der Waals surface area contributed by atoms with Gasteiger partial charge in [0.05, 0.1) is 5.02 Å². The fourth-order valence-electron chi connectivity index (χ4n) is 1.98. The molecule has 0 fully saturated rings. The lowest BCUT2D eigenvalue weighted by atomic mass is 10.00. The molecule has 0 atom stereocenters. The molecule has 0 bridgehead atoms. The molecule has 0 spiro atoms. The fourth-order valence-corrected chi connectivity index (χ4v) is 2.21. The number of rotatable bonds is 4. The van der Waals surface area contributed by atoms with Crippen LogP contribution in [0.25, 0.3) is 0 Å². The zero-order valence-electron chi connectivity index (χ0n) is 10.6. The summed E-state index contributed by atoms with van der Waals surface area (Å²) in [5, 5.41) is 0.302. The van der Waals surface area contributed by atoms with Crippen molar-refractivity contribution >= 4 is 17.4 Å². The van der Waals surface area contributed by atoms with E-state index in [2.05, 4.69) is 0 Å². The molecule has 0 aliphatic heterocycles. The van der Waals surface area contributed by atoms with Crippen LogP contribution in [-0.4, -0.2) is 5.78 Å². The van der Waals surface area contributed by atoms with Crippen LogP contribution in [0, 0.1) is 12.7 Å². The van der Waals surface area contributed by atoms with Gasteiger partial charge in [0.25, 0.3) is 0 Å². The minimum Gasteiger partial charge on any atom is -0.294 e. The Hall–Kier alpha value is -1.67. The summed E-state index contributed by atoms with van der Waals surface area (Å²) < 4.78 is 13.1. The maximum absolute atomic E-state index is 13.1. The highest BCUT2D eigenvalue weighted by atomic mass is 35.5. The van der Waals surface area contributed by atoms with Gasteiger partial charge in [0, 0.05) is 12.0 Å². The van der Waals surface area contributed by atoms with Gasteiger partial charge in [-0.2, -0.15) is 0 Å². The second-order valence-corrected chi connectivity index (χ2v) is 4.88. The van der Waals surface area contributed by atoms with Gasteiger partial charge in [0.15, 0.2) is 5.78 Å².